The molecule has 1 amide bonds. The van der Waals surface area contributed by atoms with E-state index < -0.39 is 0 Å². The molecule has 0 spiro atoms. The maximum Gasteiger partial charge on any atom is 0.222 e. The van der Waals surface area contributed by atoms with Crippen LogP contribution in [0.5, 0.6) is 0 Å². The van der Waals surface area contributed by atoms with Crippen molar-refractivity contribution in [3.8, 4) is 0 Å². The average molecular weight is 290 g/mol. The number of carbonyl (C=O) groups excluding carboxylic acids is 2. The van der Waals surface area contributed by atoms with Crippen molar-refractivity contribution < 1.29 is 9.59 Å². The second kappa shape index (κ2) is 9.29. The number of rotatable bonds is 9. The topological polar surface area (TPSA) is 49.4 Å². The monoisotopic (exact) mass is 290 g/mol. The lowest BCUT2D eigenvalue weighted by Gasteiger charge is -2.16. The van der Waals surface area contributed by atoms with E-state index >= 15 is 0 Å². The van der Waals surface area contributed by atoms with E-state index in [2.05, 4.69) is 12.2 Å². The highest BCUT2D eigenvalue weighted by atomic mass is 16.2. The Morgan fingerprint density at radius 1 is 1.14 bits per heavy atom. The van der Waals surface area contributed by atoms with E-state index in [0.717, 1.165) is 19.4 Å². The molecule has 21 heavy (non-hydrogen) atoms. The summed E-state index contributed by atoms with van der Waals surface area (Å²) >= 11 is 0. The van der Waals surface area contributed by atoms with Crippen molar-refractivity contribution in [3.05, 3.63) is 35.4 Å². The van der Waals surface area contributed by atoms with Crippen LogP contribution in [0.25, 0.3) is 0 Å². The molecule has 0 fully saturated rings. The number of carbonyl (C=O) groups is 2. The molecule has 0 saturated carbocycles. The van der Waals surface area contributed by atoms with E-state index in [9.17, 15) is 9.59 Å². The fraction of sp³-hybridized carbons (Fsp3) is 0.529. The minimum atomic E-state index is 0.0150. The van der Waals surface area contributed by atoms with Gasteiger partial charge in [-0.25, -0.2) is 0 Å². The number of benzene rings is 1. The third kappa shape index (κ3) is 6.08. The van der Waals surface area contributed by atoms with Gasteiger partial charge in [-0.1, -0.05) is 37.6 Å². The van der Waals surface area contributed by atoms with Gasteiger partial charge in [0.15, 0.2) is 5.78 Å². The number of amides is 1. The normalized spacial score (nSPS) is 10.4. The summed E-state index contributed by atoms with van der Waals surface area (Å²) in [7, 11) is 3.62. The first kappa shape index (κ1) is 17.4. The Kier molecular flexibility index (Phi) is 7.69. The first-order valence-electron chi connectivity index (χ1n) is 7.59. The second-order valence-corrected chi connectivity index (χ2v) is 5.29. The van der Waals surface area contributed by atoms with Gasteiger partial charge in [0.2, 0.25) is 5.91 Å². The van der Waals surface area contributed by atoms with E-state index in [1.165, 1.54) is 5.56 Å². The maximum absolute atomic E-state index is 12.1. The van der Waals surface area contributed by atoms with Gasteiger partial charge < -0.3 is 10.2 Å². The first-order chi connectivity index (χ1) is 10.1. The van der Waals surface area contributed by atoms with Crippen LogP contribution in [0.3, 0.4) is 0 Å². The number of hydrogen-bond acceptors (Lipinski definition) is 3. The largest absolute Gasteiger partial charge is 0.344 e. The van der Waals surface area contributed by atoms with Crippen LogP contribution >= 0.6 is 0 Å². The lowest BCUT2D eigenvalue weighted by molar-refractivity contribution is -0.129. The standard InChI is InChI=1S/C17H26N2O2/c1-4-5-14-6-8-15(9-7-14)16(20)10-11-17(21)19(3)13-12-18-2/h6-9,18H,4-5,10-13H2,1-3H3. The Morgan fingerprint density at radius 2 is 1.81 bits per heavy atom. The minimum absolute atomic E-state index is 0.0150. The highest BCUT2D eigenvalue weighted by molar-refractivity contribution is 5.97. The molecular weight excluding hydrogens is 264 g/mol. The molecule has 4 nitrogen and oxygen atoms in total. The van der Waals surface area contributed by atoms with Crippen molar-refractivity contribution in [1.29, 1.82) is 0 Å². The Balaban J connectivity index is 2.44. The van der Waals surface area contributed by atoms with E-state index in [0.29, 0.717) is 12.1 Å². The molecule has 0 aliphatic carbocycles. The van der Waals surface area contributed by atoms with Crippen LogP contribution in [-0.4, -0.2) is 43.8 Å². The van der Waals surface area contributed by atoms with E-state index in [1.807, 2.05) is 31.3 Å². The predicted molar refractivity (Wildman–Crippen MR) is 85.6 cm³/mol. The molecular formula is C17H26N2O2. The molecule has 0 aliphatic heterocycles. The van der Waals surface area contributed by atoms with Crippen LogP contribution in [-0.2, 0) is 11.2 Å². The summed E-state index contributed by atoms with van der Waals surface area (Å²) in [5.74, 6) is 0.0506. The summed E-state index contributed by atoms with van der Waals surface area (Å²) in [6.45, 7) is 3.56. The van der Waals surface area contributed by atoms with Gasteiger partial charge in [-0.05, 0) is 19.0 Å². The number of nitrogens with one attached hydrogen (secondary N) is 1. The highest BCUT2D eigenvalue weighted by Gasteiger charge is 2.12. The number of hydrogen-bond donors (Lipinski definition) is 1. The van der Waals surface area contributed by atoms with Crippen molar-refractivity contribution in [3.63, 3.8) is 0 Å². The summed E-state index contributed by atoms with van der Waals surface area (Å²) in [4.78, 5) is 25.6. The Labute approximate surface area is 127 Å². The zero-order valence-electron chi connectivity index (χ0n) is 13.3. The van der Waals surface area contributed by atoms with Gasteiger partial charge in [0.05, 0.1) is 0 Å². The molecule has 116 valence electrons. The zero-order chi connectivity index (χ0) is 15.7. The van der Waals surface area contributed by atoms with Gasteiger partial charge in [0.1, 0.15) is 0 Å². The third-order valence-corrected chi connectivity index (χ3v) is 3.50. The van der Waals surface area contributed by atoms with Crippen LogP contribution in [0.1, 0.15) is 42.1 Å². The van der Waals surface area contributed by atoms with Crippen LogP contribution in [0.4, 0.5) is 0 Å². The Bertz CT molecular complexity index is 454. The van der Waals surface area contributed by atoms with Gasteiger partial charge in [-0.2, -0.15) is 0 Å². The Morgan fingerprint density at radius 3 is 2.38 bits per heavy atom. The lowest BCUT2D eigenvalue weighted by Crippen LogP contribution is -2.32. The van der Waals surface area contributed by atoms with E-state index in [4.69, 9.17) is 0 Å². The molecule has 0 unspecified atom stereocenters. The summed E-state index contributed by atoms with van der Waals surface area (Å²) in [5, 5.41) is 3.00. The van der Waals surface area contributed by atoms with Crippen molar-refractivity contribution in [2.75, 3.05) is 27.2 Å². The molecule has 1 aromatic rings. The molecule has 0 aliphatic rings. The quantitative estimate of drug-likeness (QED) is 0.710. The predicted octanol–water partition coefficient (Wildman–Crippen LogP) is 2.28. The van der Waals surface area contributed by atoms with Crippen LogP contribution < -0.4 is 5.32 Å². The molecule has 0 saturated heterocycles. The van der Waals surface area contributed by atoms with Gasteiger partial charge >= 0.3 is 0 Å². The lowest BCUT2D eigenvalue weighted by atomic mass is 10.0. The molecule has 0 atom stereocenters. The van der Waals surface area contributed by atoms with Gasteiger partial charge in [0.25, 0.3) is 0 Å². The molecule has 0 bridgehead atoms. The highest BCUT2D eigenvalue weighted by Crippen LogP contribution is 2.10. The van der Waals surface area contributed by atoms with Gasteiger partial charge in [-0.3, -0.25) is 9.59 Å². The van der Waals surface area contributed by atoms with Crippen LogP contribution in [0, 0.1) is 0 Å². The molecule has 1 N–H and O–H groups in total. The van der Waals surface area contributed by atoms with Crippen LogP contribution in [0.15, 0.2) is 24.3 Å². The summed E-state index contributed by atoms with van der Waals surface area (Å²) in [6.07, 6.45) is 2.68. The van der Waals surface area contributed by atoms with E-state index in [-0.39, 0.29) is 24.5 Å². The number of aryl methyl sites for hydroxylation is 1. The molecule has 1 rings (SSSR count). The molecule has 0 aromatic heterocycles. The SMILES string of the molecule is CCCc1ccc(C(=O)CCC(=O)N(C)CCNC)cc1. The van der Waals surface area contributed by atoms with E-state index in [1.54, 1.807) is 11.9 Å². The maximum atomic E-state index is 12.1. The number of Topliss-reactive ketones (excluding diaryl/α,β-unsaturated/α-hetero) is 1. The van der Waals surface area contributed by atoms with Crippen molar-refractivity contribution in [2.24, 2.45) is 0 Å². The fourth-order valence-corrected chi connectivity index (χ4v) is 2.11. The summed E-state index contributed by atoms with van der Waals surface area (Å²) in [6, 6.07) is 7.72. The summed E-state index contributed by atoms with van der Waals surface area (Å²) in [5.41, 5.74) is 1.94. The average Bonchev–Trinajstić information content (AvgIpc) is 2.50. The summed E-state index contributed by atoms with van der Waals surface area (Å²) < 4.78 is 0. The van der Waals surface area contributed by atoms with Crippen LogP contribution in [0.2, 0.25) is 0 Å². The number of ketones is 1. The van der Waals surface area contributed by atoms with Crippen molar-refractivity contribution >= 4 is 11.7 Å². The molecule has 1 aromatic carbocycles. The zero-order valence-corrected chi connectivity index (χ0v) is 13.3. The third-order valence-electron chi connectivity index (χ3n) is 3.50. The molecule has 4 heteroatoms. The minimum Gasteiger partial charge on any atom is -0.344 e. The number of nitrogens with zero attached hydrogens (tertiary/aromatic N) is 1. The van der Waals surface area contributed by atoms with Crippen molar-refractivity contribution in [1.82, 2.24) is 10.2 Å². The van der Waals surface area contributed by atoms with Gasteiger partial charge in [-0.15, -0.1) is 0 Å². The second-order valence-electron chi connectivity index (χ2n) is 5.29. The van der Waals surface area contributed by atoms with Crippen molar-refractivity contribution in [2.45, 2.75) is 32.6 Å². The van der Waals surface area contributed by atoms with Gasteiger partial charge in [0, 0.05) is 38.5 Å². The first-order valence-corrected chi connectivity index (χ1v) is 7.59. The molecule has 0 heterocycles. The smallest absolute Gasteiger partial charge is 0.222 e. The Hall–Kier alpha value is -1.68. The fourth-order valence-electron chi connectivity index (χ4n) is 2.11. The molecule has 0 radical (unpaired) electrons. The number of likely N-dealkylation sites (N-methyl/N-ethyl adjacent to an activating group) is 2.